The minimum atomic E-state index is -1.55. The van der Waals surface area contributed by atoms with Gasteiger partial charge in [-0.15, -0.1) is 0 Å². The molecule has 236 valence electrons. The zero-order valence-electron chi connectivity index (χ0n) is 24.1. The minimum Gasteiger partial charge on any atom is -0.481 e. The number of amides is 1. The topological polar surface area (TPSA) is 192 Å². The lowest BCUT2D eigenvalue weighted by atomic mass is 9.94. The molecular weight excluding hydrogens is 562 g/mol. The van der Waals surface area contributed by atoms with Crippen molar-refractivity contribution in [2.24, 2.45) is 5.92 Å². The highest BCUT2D eigenvalue weighted by molar-refractivity contribution is 5.81. The quantitative estimate of drug-likeness (QED) is 0.119. The van der Waals surface area contributed by atoms with Crippen LogP contribution in [0.1, 0.15) is 38.2 Å². The Morgan fingerprint density at radius 1 is 0.907 bits per heavy atom. The maximum atomic E-state index is 12.7. The Labute approximate surface area is 250 Å². The second-order valence-electron chi connectivity index (χ2n) is 10.7. The summed E-state index contributed by atoms with van der Waals surface area (Å²) in [5, 5.41) is 50.8. The Morgan fingerprint density at radius 2 is 1.58 bits per heavy atom. The normalized spacial score (nSPS) is 23.2. The van der Waals surface area contributed by atoms with Crippen molar-refractivity contribution >= 4 is 17.8 Å². The van der Waals surface area contributed by atoms with Crippen LogP contribution >= 0.6 is 0 Å². The zero-order valence-corrected chi connectivity index (χ0v) is 24.1. The first kappa shape index (κ1) is 34.1. The Hall–Kier alpha value is -3.39. The van der Waals surface area contributed by atoms with Crippen molar-refractivity contribution in [3.05, 3.63) is 60.2 Å². The van der Waals surface area contributed by atoms with Crippen molar-refractivity contribution in [3.8, 4) is 11.1 Å². The molecule has 2 aromatic rings. The van der Waals surface area contributed by atoms with Gasteiger partial charge in [0.15, 0.2) is 6.29 Å². The van der Waals surface area contributed by atoms with Gasteiger partial charge in [0, 0.05) is 18.9 Å². The van der Waals surface area contributed by atoms with Crippen LogP contribution in [0, 0.1) is 5.92 Å². The molecule has 7 unspecified atom stereocenters. The third-order valence-electron chi connectivity index (χ3n) is 7.18. The number of nitrogens with one attached hydrogen (secondary N) is 1. The largest absolute Gasteiger partial charge is 0.481 e. The minimum absolute atomic E-state index is 0.00280. The average molecular weight is 604 g/mol. The van der Waals surface area contributed by atoms with Crippen LogP contribution in [0.25, 0.3) is 11.1 Å². The molecule has 0 radical (unpaired) electrons. The number of esters is 1. The highest BCUT2D eigenvalue weighted by Gasteiger charge is 2.43. The number of ether oxygens (including phenoxy) is 3. The third-order valence-corrected chi connectivity index (χ3v) is 7.18. The van der Waals surface area contributed by atoms with Crippen LogP contribution in [-0.4, -0.2) is 99.9 Å². The molecule has 0 spiro atoms. The standard InChI is InChI=1S/C31H41NO11/c1-19(30(40)41-14-5-15-42-31-29(39)28(38)27(37)24(18-33)43-31)16-23(32-25(34)12-13-26(35)36)17-20-8-10-22(11-9-20)21-6-3-2-4-7-21/h2-4,6-11,19,23-24,27-29,31,33,37-39H,5,12-18H2,1H3,(H,32,34)(H,35,36). The summed E-state index contributed by atoms with van der Waals surface area (Å²) >= 11 is 0. The SMILES string of the molecule is CC(CC(Cc1ccc(-c2ccccc2)cc1)NC(=O)CCC(=O)O)C(=O)OCCCOC1OC(CO)C(O)C(O)C1O. The molecule has 0 saturated carbocycles. The number of aliphatic hydroxyl groups is 4. The van der Waals surface area contributed by atoms with Crippen molar-refractivity contribution < 1.29 is 54.1 Å². The number of carbonyl (C=O) groups excluding carboxylic acids is 2. The van der Waals surface area contributed by atoms with Crippen molar-refractivity contribution in [2.45, 2.75) is 75.8 Å². The van der Waals surface area contributed by atoms with Crippen LogP contribution in [-0.2, 0) is 35.0 Å². The Kier molecular flexibility index (Phi) is 13.5. The number of carbonyl (C=O) groups is 3. The molecule has 6 N–H and O–H groups in total. The van der Waals surface area contributed by atoms with E-state index in [0.717, 1.165) is 16.7 Å². The lowest BCUT2D eigenvalue weighted by molar-refractivity contribution is -0.301. The van der Waals surface area contributed by atoms with E-state index >= 15 is 0 Å². The molecule has 3 rings (SSSR count). The molecule has 1 aliphatic heterocycles. The molecule has 1 saturated heterocycles. The van der Waals surface area contributed by atoms with Crippen LogP contribution in [0.4, 0.5) is 0 Å². The number of rotatable bonds is 16. The Bertz CT molecular complexity index is 1160. The Balaban J connectivity index is 1.50. The van der Waals surface area contributed by atoms with Crippen molar-refractivity contribution in [1.29, 1.82) is 0 Å². The van der Waals surface area contributed by atoms with E-state index < -0.39 is 67.1 Å². The molecule has 12 nitrogen and oxygen atoms in total. The molecule has 1 heterocycles. The van der Waals surface area contributed by atoms with Gasteiger partial charge < -0.3 is 45.1 Å². The summed E-state index contributed by atoms with van der Waals surface area (Å²) < 4.78 is 16.0. The fraction of sp³-hybridized carbons (Fsp3) is 0.516. The van der Waals surface area contributed by atoms with Gasteiger partial charge in [0.2, 0.25) is 5.91 Å². The van der Waals surface area contributed by atoms with Gasteiger partial charge in [0.25, 0.3) is 0 Å². The first-order chi connectivity index (χ1) is 20.6. The molecule has 0 aliphatic carbocycles. The summed E-state index contributed by atoms with van der Waals surface area (Å²) in [4.78, 5) is 36.0. The second kappa shape index (κ2) is 17.0. The van der Waals surface area contributed by atoms with Gasteiger partial charge in [-0.1, -0.05) is 61.5 Å². The molecule has 43 heavy (non-hydrogen) atoms. The van der Waals surface area contributed by atoms with Gasteiger partial charge in [-0.05, 0) is 29.5 Å². The molecule has 1 aliphatic rings. The number of carboxylic acid groups (broad SMARTS) is 1. The molecular formula is C31H41NO11. The van der Waals surface area contributed by atoms with E-state index in [0.29, 0.717) is 6.42 Å². The monoisotopic (exact) mass is 603 g/mol. The van der Waals surface area contributed by atoms with Crippen LogP contribution < -0.4 is 5.32 Å². The number of hydrogen-bond acceptors (Lipinski definition) is 10. The highest BCUT2D eigenvalue weighted by atomic mass is 16.7. The predicted octanol–water partition coefficient (Wildman–Crippen LogP) is 1.02. The number of aliphatic hydroxyl groups excluding tert-OH is 4. The van der Waals surface area contributed by atoms with E-state index in [1.165, 1.54) is 0 Å². The smallest absolute Gasteiger partial charge is 0.308 e. The summed E-state index contributed by atoms with van der Waals surface area (Å²) in [5.74, 6) is -2.56. The van der Waals surface area contributed by atoms with Crippen LogP contribution in [0.2, 0.25) is 0 Å². The molecule has 12 heteroatoms. The number of benzene rings is 2. The molecule has 1 amide bonds. The summed E-state index contributed by atoms with van der Waals surface area (Å²) in [6, 6.07) is 17.3. The van der Waals surface area contributed by atoms with Crippen LogP contribution in [0.15, 0.2) is 54.6 Å². The third kappa shape index (κ3) is 10.7. The van der Waals surface area contributed by atoms with Gasteiger partial charge in [-0.3, -0.25) is 14.4 Å². The molecule has 0 aromatic heterocycles. The lowest BCUT2D eigenvalue weighted by Crippen LogP contribution is -2.59. The van der Waals surface area contributed by atoms with Gasteiger partial charge in [-0.25, -0.2) is 0 Å². The maximum Gasteiger partial charge on any atom is 0.308 e. The molecule has 2 aromatic carbocycles. The van der Waals surface area contributed by atoms with Gasteiger partial charge in [0.1, 0.15) is 24.4 Å². The number of carboxylic acids is 1. The number of hydrogen-bond donors (Lipinski definition) is 6. The van der Waals surface area contributed by atoms with E-state index in [1.807, 2.05) is 54.6 Å². The predicted molar refractivity (Wildman–Crippen MR) is 153 cm³/mol. The van der Waals surface area contributed by atoms with Crippen LogP contribution in [0.3, 0.4) is 0 Å². The maximum absolute atomic E-state index is 12.7. The average Bonchev–Trinajstić information content (AvgIpc) is 3.00. The first-order valence-electron chi connectivity index (χ1n) is 14.3. The summed E-state index contributed by atoms with van der Waals surface area (Å²) in [6.45, 7) is 1.12. The fourth-order valence-electron chi connectivity index (χ4n) is 4.76. The second-order valence-corrected chi connectivity index (χ2v) is 10.7. The van der Waals surface area contributed by atoms with E-state index in [-0.39, 0.29) is 38.9 Å². The van der Waals surface area contributed by atoms with Crippen molar-refractivity contribution in [1.82, 2.24) is 5.32 Å². The Morgan fingerprint density at radius 3 is 2.23 bits per heavy atom. The summed E-state index contributed by atoms with van der Waals surface area (Å²) in [7, 11) is 0. The highest BCUT2D eigenvalue weighted by Crippen LogP contribution is 2.23. The zero-order chi connectivity index (χ0) is 31.4. The van der Waals surface area contributed by atoms with E-state index in [4.69, 9.17) is 19.3 Å². The summed E-state index contributed by atoms with van der Waals surface area (Å²) in [5.41, 5.74) is 3.05. The van der Waals surface area contributed by atoms with Gasteiger partial charge >= 0.3 is 11.9 Å². The van der Waals surface area contributed by atoms with E-state index in [2.05, 4.69) is 5.32 Å². The fourth-order valence-corrected chi connectivity index (χ4v) is 4.76. The van der Waals surface area contributed by atoms with Gasteiger partial charge in [-0.2, -0.15) is 0 Å². The van der Waals surface area contributed by atoms with Crippen molar-refractivity contribution in [2.75, 3.05) is 19.8 Å². The molecule has 1 fully saturated rings. The van der Waals surface area contributed by atoms with Crippen LogP contribution in [0.5, 0.6) is 0 Å². The van der Waals surface area contributed by atoms with Gasteiger partial charge in [0.05, 0.1) is 32.2 Å². The number of aliphatic carboxylic acids is 1. The van der Waals surface area contributed by atoms with Crippen molar-refractivity contribution in [3.63, 3.8) is 0 Å². The van der Waals surface area contributed by atoms with E-state index in [1.54, 1.807) is 6.92 Å². The lowest BCUT2D eigenvalue weighted by Gasteiger charge is -2.39. The molecule has 0 bridgehead atoms. The van der Waals surface area contributed by atoms with E-state index in [9.17, 15) is 34.8 Å². The summed E-state index contributed by atoms with van der Waals surface area (Å²) in [6.07, 6.45) is -6.43. The molecule has 7 atom stereocenters. The first-order valence-corrected chi connectivity index (χ1v) is 14.3.